The molecular formula is C39H67O13P. The third-order valence-corrected chi connectivity index (χ3v) is 9.64. The van der Waals surface area contributed by atoms with Crippen molar-refractivity contribution in [2.24, 2.45) is 0 Å². The van der Waals surface area contributed by atoms with Crippen LogP contribution >= 0.6 is 7.82 Å². The molecule has 0 amide bonds. The van der Waals surface area contributed by atoms with Crippen LogP contribution in [0, 0.1) is 0 Å². The molecule has 1 fully saturated rings. The van der Waals surface area contributed by atoms with Crippen LogP contribution in [0.1, 0.15) is 129 Å². The first kappa shape index (κ1) is 48.8. The highest BCUT2D eigenvalue weighted by Gasteiger charge is 2.51. The molecule has 0 aromatic heterocycles. The SMILES string of the molecule is CCC/C=C/C/C=C/C/C=C/C/C=C/CCCCCC(=O)O[C@H](COC(=O)CCCCCCCCC)COP(=O)(O)OC1C(O)C(O)C(O)[C@@H](O)C1O. The third-order valence-electron chi connectivity index (χ3n) is 8.65. The van der Waals surface area contributed by atoms with Gasteiger partial charge in [0, 0.05) is 12.8 Å². The second-order valence-electron chi connectivity index (χ2n) is 13.4. The van der Waals surface area contributed by atoms with E-state index in [0.717, 1.165) is 77.0 Å². The molecular weight excluding hydrogens is 707 g/mol. The van der Waals surface area contributed by atoms with Crippen molar-refractivity contribution in [2.75, 3.05) is 13.2 Å². The lowest BCUT2D eigenvalue weighted by molar-refractivity contribution is -0.220. The van der Waals surface area contributed by atoms with Crippen LogP contribution in [-0.2, 0) is 32.7 Å². The van der Waals surface area contributed by atoms with Gasteiger partial charge in [-0.3, -0.25) is 18.6 Å². The van der Waals surface area contributed by atoms with Gasteiger partial charge in [0.1, 0.15) is 43.2 Å². The average Bonchev–Trinajstić information content (AvgIpc) is 3.13. The molecule has 13 nitrogen and oxygen atoms in total. The molecule has 6 N–H and O–H groups in total. The summed E-state index contributed by atoms with van der Waals surface area (Å²) in [4.78, 5) is 35.3. The Bertz CT molecular complexity index is 1120. The molecule has 8 atom stereocenters. The molecule has 1 aliphatic rings. The van der Waals surface area contributed by atoms with Gasteiger partial charge in [0.25, 0.3) is 0 Å². The second kappa shape index (κ2) is 30.1. The van der Waals surface area contributed by atoms with Crippen LogP contribution < -0.4 is 0 Å². The van der Waals surface area contributed by atoms with Crippen LogP contribution in [-0.4, -0.2) is 98.3 Å². The van der Waals surface area contributed by atoms with Crippen LogP contribution in [0.3, 0.4) is 0 Å². The van der Waals surface area contributed by atoms with E-state index in [1.165, 1.54) is 12.8 Å². The lowest BCUT2D eigenvalue weighted by atomic mass is 9.85. The number of phosphoric ester groups is 1. The zero-order chi connectivity index (χ0) is 39.3. The summed E-state index contributed by atoms with van der Waals surface area (Å²) in [5, 5.41) is 49.9. The number of hydrogen-bond acceptors (Lipinski definition) is 12. The maximum absolute atomic E-state index is 12.7. The van der Waals surface area contributed by atoms with E-state index in [9.17, 15) is 44.6 Å². The van der Waals surface area contributed by atoms with E-state index < -0.39 is 75.7 Å². The number of phosphoric acid groups is 1. The maximum atomic E-state index is 12.7. The zero-order valence-electron chi connectivity index (χ0n) is 31.8. The minimum atomic E-state index is -5.11. The Morgan fingerprint density at radius 1 is 0.585 bits per heavy atom. The normalized spacial score (nSPS) is 24.0. The smallest absolute Gasteiger partial charge is 0.462 e. The molecule has 0 aliphatic heterocycles. The topological polar surface area (TPSA) is 210 Å². The summed E-state index contributed by atoms with van der Waals surface area (Å²) >= 11 is 0. The standard InChI is InChI=1S/C39H67O13P/c1-3-5-7-9-11-12-13-14-15-16-17-18-19-20-22-24-26-28-33(41)51-31(29-49-32(40)27-25-23-21-10-8-6-4-2)30-50-53(47,48)52-39-37(45)35(43)34(42)36(44)38(39)46/h7,9,12-13,15-16,18-19,31,34-39,42-46H,3-6,8,10-11,14,17,20-30H2,1-2H3,(H,47,48)/b9-7+,13-12+,16-15+,19-18+/t31-,34?,35-,36?,37?,38?,39?/m1/s1. The number of allylic oxidation sites excluding steroid dienone is 8. The number of aliphatic hydroxyl groups is 5. The summed E-state index contributed by atoms with van der Waals surface area (Å²) < 4.78 is 33.2. The van der Waals surface area contributed by atoms with E-state index in [-0.39, 0.29) is 12.8 Å². The summed E-state index contributed by atoms with van der Waals surface area (Å²) in [6, 6.07) is 0. The molecule has 0 aromatic carbocycles. The molecule has 53 heavy (non-hydrogen) atoms. The highest BCUT2D eigenvalue weighted by atomic mass is 31.2. The molecule has 0 bridgehead atoms. The lowest BCUT2D eigenvalue weighted by Crippen LogP contribution is -2.64. The molecule has 1 aliphatic carbocycles. The van der Waals surface area contributed by atoms with E-state index in [2.05, 4.69) is 62.5 Å². The third kappa shape index (κ3) is 23.4. The number of esters is 2. The predicted molar refractivity (Wildman–Crippen MR) is 203 cm³/mol. The van der Waals surface area contributed by atoms with E-state index in [1.807, 2.05) is 0 Å². The van der Waals surface area contributed by atoms with Gasteiger partial charge in [0.2, 0.25) is 0 Å². The molecule has 0 aromatic rings. The molecule has 306 valence electrons. The second-order valence-corrected chi connectivity index (χ2v) is 14.8. The summed E-state index contributed by atoms with van der Waals surface area (Å²) in [6.07, 6.45) is 19.3. The number of rotatable bonds is 30. The van der Waals surface area contributed by atoms with E-state index >= 15 is 0 Å². The van der Waals surface area contributed by atoms with Crippen molar-refractivity contribution < 1.29 is 63.1 Å². The first-order chi connectivity index (χ1) is 25.4. The average molecular weight is 775 g/mol. The molecule has 6 unspecified atom stereocenters. The van der Waals surface area contributed by atoms with Gasteiger partial charge in [-0.2, -0.15) is 0 Å². The fourth-order valence-electron chi connectivity index (χ4n) is 5.45. The first-order valence-electron chi connectivity index (χ1n) is 19.4. The highest BCUT2D eigenvalue weighted by Crippen LogP contribution is 2.47. The Hall–Kier alpha value is -2.19. The molecule has 1 rings (SSSR count). The van der Waals surface area contributed by atoms with Gasteiger partial charge < -0.3 is 39.9 Å². The molecule has 0 heterocycles. The van der Waals surface area contributed by atoms with Gasteiger partial charge in [-0.05, 0) is 51.4 Å². The van der Waals surface area contributed by atoms with Crippen molar-refractivity contribution in [1.29, 1.82) is 0 Å². The number of hydrogen-bond donors (Lipinski definition) is 6. The zero-order valence-corrected chi connectivity index (χ0v) is 32.7. The van der Waals surface area contributed by atoms with Crippen LogP contribution in [0.5, 0.6) is 0 Å². The summed E-state index contributed by atoms with van der Waals surface area (Å²) in [5.74, 6) is -1.15. The van der Waals surface area contributed by atoms with Crippen molar-refractivity contribution in [3.63, 3.8) is 0 Å². The van der Waals surface area contributed by atoms with E-state index in [0.29, 0.717) is 12.8 Å². The number of carbonyl (C=O) groups excluding carboxylic acids is 2. The van der Waals surface area contributed by atoms with Crippen LogP contribution in [0.15, 0.2) is 48.6 Å². The lowest BCUT2D eigenvalue weighted by Gasteiger charge is -2.41. The molecule has 0 saturated heterocycles. The fraction of sp³-hybridized carbons (Fsp3) is 0.744. The first-order valence-corrected chi connectivity index (χ1v) is 20.9. The van der Waals surface area contributed by atoms with Gasteiger partial charge in [0.15, 0.2) is 6.10 Å². The molecule has 0 spiro atoms. The van der Waals surface area contributed by atoms with E-state index in [1.54, 1.807) is 0 Å². The van der Waals surface area contributed by atoms with Crippen LogP contribution in [0.4, 0.5) is 0 Å². The van der Waals surface area contributed by atoms with E-state index in [4.69, 9.17) is 18.5 Å². The monoisotopic (exact) mass is 774 g/mol. The summed E-state index contributed by atoms with van der Waals surface area (Å²) in [7, 11) is -5.11. The van der Waals surface area contributed by atoms with Crippen molar-refractivity contribution >= 4 is 19.8 Å². The van der Waals surface area contributed by atoms with Crippen molar-refractivity contribution in [1.82, 2.24) is 0 Å². The Balaban J connectivity index is 2.54. The summed E-state index contributed by atoms with van der Waals surface area (Å²) in [6.45, 7) is 3.10. The van der Waals surface area contributed by atoms with Gasteiger partial charge >= 0.3 is 19.8 Å². The maximum Gasteiger partial charge on any atom is 0.472 e. The Labute approximate surface area is 316 Å². The molecule has 1 saturated carbocycles. The van der Waals surface area contributed by atoms with Crippen LogP contribution in [0.2, 0.25) is 0 Å². The minimum absolute atomic E-state index is 0.0582. The number of aliphatic hydroxyl groups excluding tert-OH is 5. The Morgan fingerprint density at radius 3 is 1.62 bits per heavy atom. The highest BCUT2D eigenvalue weighted by molar-refractivity contribution is 7.47. The quantitative estimate of drug-likeness (QED) is 0.0213. The number of unbranched alkanes of at least 4 members (excludes halogenated alkanes) is 10. The number of ether oxygens (including phenoxy) is 2. The van der Waals surface area contributed by atoms with Gasteiger partial charge in [-0.15, -0.1) is 0 Å². The Morgan fingerprint density at radius 2 is 1.06 bits per heavy atom. The van der Waals surface area contributed by atoms with Crippen molar-refractivity contribution in [2.45, 2.75) is 172 Å². The van der Waals surface area contributed by atoms with Gasteiger partial charge in [-0.25, -0.2) is 4.57 Å². The minimum Gasteiger partial charge on any atom is -0.462 e. The largest absolute Gasteiger partial charge is 0.472 e. The number of carbonyl (C=O) groups is 2. The van der Waals surface area contributed by atoms with Gasteiger partial charge in [0.05, 0.1) is 6.61 Å². The predicted octanol–water partition coefficient (Wildman–Crippen LogP) is 6.05. The van der Waals surface area contributed by atoms with Crippen molar-refractivity contribution in [3.05, 3.63) is 48.6 Å². The van der Waals surface area contributed by atoms with Crippen molar-refractivity contribution in [3.8, 4) is 0 Å². The molecule has 0 radical (unpaired) electrons. The Kier molecular flexibility index (Phi) is 27.7. The summed E-state index contributed by atoms with van der Waals surface area (Å²) in [5.41, 5.74) is 0. The molecule has 14 heteroatoms. The van der Waals surface area contributed by atoms with Gasteiger partial charge in [-0.1, -0.05) is 114 Å². The fourth-order valence-corrected chi connectivity index (χ4v) is 6.42. The van der Waals surface area contributed by atoms with Crippen LogP contribution in [0.25, 0.3) is 0 Å².